The van der Waals surface area contributed by atoms with Gasteiger partial charge in [-0.05, 0) is 23.8 Å². The molecule has 2 rings (SSSR count). The average molecular weight is 221 g/mol. The zero-order valence-electron chi connectivity index (χ0n) is 7.89. The maximum atomic E-state index is 8.86. The van der Waals surface area contributed by atoms with E-state index in [9.17, 15) is 0 Å². The molecule has 3 nitrogen and oxygen atoms in total. The highest BCUT2D eigenvalue weighted by Gasteiger charge is 2.00. The van der Waals surface area contributed by atoms with Crippen LogP contribution in [0.3, 0.4) is 0 Å². The maximum Gasteiger partial charge on any atom is 0.0887 e. The molecular formula is C11H9ClN2O. The Labute approximate surface area is 92.4 Å². The van der Waals surface area contributed by atoms with Crippen molar-refractivity contribution in [3.63, 3.8) is 0 Å². The molecule has 0 unspecified atom stereocenters. The van der Waals surface area contributed by atoms with E-state index in [1.54, 1.807) is 18.5 Å². The van der Waals surface area contributed by atoms with Crippen molar-refractivity contribution in [2.75, 3.05) is 0 Å². The van der Waals surface area contributed by atoms with Crippen molar-refractivity contribution < 1.29 is 5.11 Å². The highest BCUT2D eigenvalue weighted by molar-refractivity contribution is 6.30. The third kappa shape index (κ3) is 2.32. The van der Waals surface area contributed by atoms with Crippen LogP contribution in [-0.2, 0) is 6.61 Å². The van der Waals surface area contributed by atoms with E-state index >= 15 is 0 Å². The summed E-state index contributed by atoms with van der Waals surface area (Å²) in [5.41, 5.74) is 2.32. The number of aromatic nitrogens is 2. The van der Waals surface area contributed by atoms with E-state index in [0.717, 1.165) is 17.0 Å². The van der Waals surface area contributed by atoms with Gasteiger partial charge >= 0.3 is 0 Å². The molecule has 1 N–H and O–H groups in total. The summed E-state index contributed by atoms with van der Waals surface area (Å²) >= 11 is 5.73. The fourth-order valence-corrected chi connectivity index (χ4v) is 1.31. The minimum Gasteiger partial charge on any atom is -0.392 e. The van der Waals surface area contributed by atoms with Crippen LogP contribution in [0.15, 0.2) is 36.7 Å². The summed E-state index contributed by atoms with van der Waals surface area (Å²) in [5.74, 6) is 0. The van der Waals surface area contributed by atoms with Crippen LogP contribution in [0.5, 0.6) is 0 Å². The van der Waals surface area contributed by atoms with Gasteiger partial charge in [-0.25, -0.2) is 0 Å². The molecule has 2 heterocycles. The first-order valence-electron chi connectivity index (χ1n) is 4.47. The topological polar surface area (TPSA) is 46.0 Å². The minimum atomic E-state index is 0.00132. The van der Waals surface area contributed by atoms with Gasteiger partial charge in [0.2, 0.25) is 0 Å². The van der Waals surface area contributed by atoms with Gasteiger partial charge in [-0.2, -0.15) is 0 Å². The molecule has 15 heavy (non-hydrogen) atoms. The van der Waals surface area contributed by atoms with Crippen molar-refractivity contribution in [2.24, 2.45) is 0 Å². The Morgan fingerprint density at radius 1 is 1.00 bits per heavy atom. The Hall–Kier alpha value is -1.45. The largest absolute Gasteiger partial charge is 0.392 e. The number of aliphatic hydroxyl groups is 1. The van der Waals surface area contributed by atoms with E-state index < -0.39 is 0 Å². The molecule has 0 aliphatic carbocycles. The second-order valence-corrected chi connectivity index (χ2v) is 3.51. The zero-order chi connectivity index (χ0) is 10.7. The van der Waals surface area contributed by atoms with Crippen molar-refractivity contribution in [3.05, 3.63) is 47.2 Å². The standard InChI is InChI=1S/C11H9ClN2O/c12-9-2-4-11(14-6-9)10-3-1-8(7-15)5-13-10/h1-6,15H,7H2. The number of rotatable bonds is 2. The molecule has 0 bridgehead atoms. The predicted molar refractivity (Wildman–Crippen MR) is 58.4 cm³/mol. The molecule has 0 aliphatic rings. The fourth-order valence-electron chi connectivity index (χ4n) is 1.20. The number of hydrogen-bond acceptors (Lipinski definition) is 3. The number of aliphatic hydroxyl groups excluding tert-OH is 1. The van der Waals surface area contributed by atoms with Gasteiger partial charge in [0.25, 0.3) is 0 Å². The van der Waals surface area contributed by atoms with E-state index in [4.69, 9.17) is 16.7 Å². The third-order valence-corrected chi connectivity index (χ3v) is 2.22. The summed E-state index contributed by atoms with van der Waals surface area (Å²) in [6.07, 6.45) is 3.21. The lowest BCUT2D eigenvalue weighted by Gasteiger charge is -2.00. The Morgan fingerprint density at radius 3 is 2.13 bits per heavy atom. The van der Waals surface area contributed by atoms with Crippen LogP contribution in [0, 0.1) is 0 Å². The molecule has 2 aromatic rings. The van der Waals surface area contributed by atoms with Crippen LogP contribution in [0.1, 0.15) is 5.56 Å². The van der Waals surface area contributed by atoms with E-state index in [2.05, 4.69) is 9.97 Å². The van der Waals surface area contributed by atoms with Gasteiger partial charge < -0.3 is 5.11 Å². The molecule has 0 aliphatic heterocycles. The lowest BCUT2D eigenvalue weighted by atomic mass is 10.2. The third-order valence-electron chi connectivity index (χ3n) is 2.00. The van der Waals surface area contributed by atoms with Crippen LogP contribution in [0.25, 0.3) is 11.4 Å². The van der Waals surface area contributed by atoms with E-state index in [0.29, 0.717) is 5.02 Å². The molecule has 0 saturated heterocycles. The molecular weight excluding hydrogens is 212 g/mol. The summed E-state index contributed by atoms with van der Waals surface area (Å²) in [5, 5.41) is 9.46. The zero-order valence-corrected chi connectivity index (χ0v) is 8.65. The summed E-state index contributed by atoms with van der Waals surface area (Å²) < 4.78 is 0. The van der Waals surface area contributed by atoms with Crippen LogP contribution in [-0.4, -0.2) is 15.1 Å². The highest BCUT2D eigenvalue weighted by Crippen LogP contribution is 2.16. The molecule has 4 heteroatoms. The van der Waals surface area contributed by atoms with E-state index in [1.165, 1.54) is 0 Å². The first kappa shape index (κ1) is 10.1. The van der Waals surface area contributed by atoms with Crippen molar-refractivity contribution in [1.82, 2.24) is 9.97 Å². The Balaban J connectivity index is 2.33. The molecule has 0 aromatic carbocycles. The summed E-state index contributed by atoms with van der Waals surface area (Å²) in [4.78, 5) is 8.33. The average Bonchev–Trinajstić information content (AvgIpc) is 2.30. The molecule has 2 aromatic heterocycles. The van der Waals surface area contributed by atoms with Crippen molar-refractivity contribution in [2.45, 2.75) is 6.61 Å². The normalized spacial score (nSPS) is 10.3. The van der Waals surface area contributed by atoms with Gasteiger partial charge in [0, 0.05) is 12.4 Å². The molecule has 0 saturated carbocycles. The molecule has 76 valence electrons. The van der Waals surface area contributed by atoms with Crippen molar-refractivity contribution in [1.29, 1.82) is 0 Å². The highest BCUT2D eigenvalue weighted by atomic mass is 35.5. The molecule has 0 fully saturated rings. The van der Waals surface area contributed by atoms with Gasteiger partial charge in [0.1, 0.15) is 0 Å². The lowest BCUT2D eigenvalue weighted by molar-refractivity contribution is 0.281. The first-order valence-corrected chi connectivity index (χ1v) is 4.85. The number of hydrogen-bond donors (Lipinski definition) is 1. The number of nitrogens with zero attached hydrogens (tertiary/aromatic N) is 2. The molecule has 0 spiro atoms. The van der Waals surface area contributed by atoms with E-state index in [-0.39, 0.29) is 6.61 Å². The second kappa shape index (κ2) is 4.38. The summed E-state index contributed by atoms with van der Waals surface area (Å²) in [7, 11) is 0. The Kier molecular flexibility index (Phi) is 2.94. The Morgan fingerprint density at radius 2 is 1.67 bits per heavy atom. The first-order chi connectivity index (χ1) is 7.29. The number of halogens is 1. The van der Waals surface area contributed by atoms with Gasteiger partial charge in [-0.1, -0.05) is 17.7 Å². The minimum absolute atomic E-state index is 0.00132. The molecule has 0 radical (unpaired) electrons. The quantitative estimate of drug-likeness (QED) is 0.845. The lowest BCUT2D eigenvalue weighted by Crippen LogP contribution is -1.89. The molecule has 0 atom stereocenters. The fraction of sp³-hybridized carbons (Fsp3) is 0.0909. The second-order valence-electron chi connectivity index (χ2n) is 3.07. The van der Waals surface area contributed by atoms with Gasteiger partial charge in [0.15, 0.2) is 0 Å². The summed E-state index contributed by atoms with van der Waals surface area (Å²) in [6.45, 7) is 0.00132. The van der Waals surface area contributed by atoms with Gasteiger partial charge in [-0.15, -0.1) is 0 Å². The predicted octanol–water partition coefficient (Wildman–Crippen LogP) is 2.29. The maximum absolute atomic E-state index is 8.86. The summed E-state index contributed by atoms with van der Waals surface area (Å²) in [6, 6.07) is 7.22. The van der Waals surface area contributed by atoms with Crippen LogP contribution >= 0.6 is 11.6 Å². The molecule has 0 amide bonds. The van der Waals surface area contributed by atoms with Crippen molar-refractivity contribution >= 4 is 11.6 Å². The number of pyridine rings is 2. The van der Waals surface area contributed by atoms with Crippen LogP contribution < -0.4 is 0 Å². The monoisotopic (exact) mass is 220 g/mol. The van der Waals surface area contributed by atoms with Gasteiger partial charge in [0.05, 0.1) is 23.0 Å². The Bertz CT molecular complexity index is 439. The SMILES string of the molecule is OCc1ccc(-c2ccc(Cl)cn2)nc1. The van der Waals surface area contributed by atoms with Crippen molar-refractivity contribution in [3.8, 4) is 11.4 Å². The van der Waals surface area contributed by atoms with E-state index in [1.807, 2.05) is 18.2 Å². The van der Waals surface area contributed by atoms with Crippen LogP contribution in [0.2, 0.25) is 5.02 Å². The van der Waals surface area contributed by atoms with Crippen LogP contribution in [0.4, 0.5) is 0 Å². The van der Waals surface area contributed by atoms with Gasteiger partial charge in [-0.3, -0.25) is 9.97 Å². The smallest absolute Gasteiger partial charge is 0.0887 e.